The summed E-state index contributed by atoms with van der Waals surface area (Å²) in [5.74, 6) is -1.83. The maximum Gasteiger partial charge on any atom is 0.257 e. The molecule has 1 saturated heterocycles. The number of nitrogen functional groups attached to an aromatic ring is 1. The van der Waals surface area contributed by atoms with Crippen LogP contribution in [0.15, 0.2) is 18.2 Å². The number of benzene rings is 1. The highest BCUT2D eigenvalue weighted by Crippen LogP contribution is 2.23. The standard InChI is InChI=1S/C12H13N3O4/c13-6-2-1-3-8(16)10(6)12(19)14-7-4-5-9(17)15-11(7)18/h1-3,7,16H,4-5,13H2,(H,14,19)(H,15,17,18). The van der Waals surface area contributed by atoms with Crippen LogP contribution in [0.4, 0.5) is 5.69 Å². The van der Waals surface area contributed by atoms with Crippen LogP contribution in [0.5, 0.6) is 5.75 Å². The SMILES string of the molecule is Nc1cccc(O)c1C(=O)NC1CCC(=O)NC1=O. The second-order valence-corrected chi connectivity index (χ2v) is 4.22. The number of aromatic hydroxyl groups is 1. The number of rotatable bonds is 2. The Balaban J connectivity index is 2.13. The Bertz CT molecular complexity index is 536. The highest BCUT2D eigenvalue weighted by atomic mass is 16.3. The van der Waals surface area contributed by atoms with E-state index in [-0.39, 0.29) is 35.7 Å². The van der Waals surface area contributed by atoms with Crippen molar-refractivity contribution < 1.29 is 19.5 Å². The molecule has 1 unspecified atom stereocenters. The van der Waals surface area contributed by atoms with Gasteiger partial charge in [0, 0.05) is 12.1 Å². The third kappa shape index (κ3) is 2.65. The molecule has 0 saturated carbocycles. The molecule has 1 atom stereocenters. The van der Waals surface area contributed by atoms with Crippen LogP contribution >= 0.6 is 0 Å². The number of phenolic OH excluding ortho intramolecular Hbond substituents is 1. The number of piperidine rings is 1. The lowest BCUT2D eigenvalue weighted by molar-refractivity contribution is -0.134. The Morgan fingerprint density at radius 3 is 2.79 bits per heavy atom. The van der Waals surface area contributed by atoms with Crippen molar-refractivity contribution in [1.82, 2.24) is 10.6 Å². The van der Waals surface area contributed by atoms with Crippen molar-refractivity contribution >= 4 is 23.4 Å². The normalized spacial score (nSPS) is 18.8. The maximum absolute atomic E-state index is 12.0. The molecule has 1 aliphatic rings. The quantitative estimate of drug-likeness (QED) is 0.423. The smallest absolute Gasteiger partial charge is 0.257 e. The van der Waals surface area contributed by atoms with Crippen molar-refractivity contribution in [3.63, 3.8) is 0 Å². The second kappa shape index (κ2) is 4.97. The van der Waals surface area contributed by atoms with Crippen LogP contribution in [-0.2, 0) is 9.59 Å². The monoisotopic (exact) mass is 263 g/mol. The average molecular weight is 263 g/mol. The zero-order valence-corrected chi connectivity index (χ0v) is 9.97. The van der Waals surface area contributed by atoms with Crippen LogP contribution < -0.4 is 16.4 Å². The van der Waals surface area contributed by atoms with Gasteiger partial charge in [-0.2, -0.15) is 0 Å². The van der Waals surface area contributed by atoms with Gasteiger partial charge in [0.1, 0.15) is 17.4 Å². The molecule has 1 fully saturated rings. The Morgan fingerprint density at radius 1 is 1.42 bits per heavy atom. The van der Waals surface area contributed by atoms with E-state index in [9.17, 15) is 19.5 Å². The van der Waals surface area contributed by atoms with E-state index in [1.165, 1.54) is 18.2 Å². The van der Waals surface area contributed by atoms with Gasteiger partial charge in [0.05, 0.1) is 0 Å². The van der Waals surface area contributed by atoms with E-state index < -0.39 is 17.9 Å². The lowest BCUT2D eigenvalue weighted by atomic mass is 10.0. The summed E-state index contributed by atoms with van der Waals surface area (Å²) < 4.78 is 0. The van der Waals surface area contributed by atoms with E-state index in [4.69, 9.17) is 5.73 Å². The van der Waals surface area contributed by atoms with Gasteiger partial charge >= 0.3 is 0 Å². The number of phenols is 1. The largest absolute Gasteiger partial charge is 0.507 e. The number of nitrogens with one attached hydrogen (secondary N) is 2. The molecule has 0 bridgehead atoms. The number of carbonyl (C=O) groups is 3. The molecule has 1 aliphatic heterocycles. The molecular formula is C12H13N3O4. The molecule has 1 heterocycles. The summed E-state index contributed by atoms with van der Waals surface area (Å²) in [6, 6.07) is 3.51. The Labute approximate surface area is 108 Å². The van der Waals surface area contributed by atoms with Crippen LogP contribution in [0.2, 0.25) is 0 Å². The first kappa shape index (κ1) is 12.9. The maximum atomic E-state index is 12.0. The molecular weight excluding hydrogens is 250 g/mol. The molecule has 19 heavy (non-hydrogen) atoms. The first-order valence-corrected chi connectivity index (χ1v) is 5.71. The van der Waals surface area contributed by atoms with Crippen LogP contribution in [-0.4, -0.2) is 28.9 Å². The van der Waals surface area contributed by atoms with E-state index in [1.807, 2.05) is 0 Å². The van der Waals surface area contributed by atoms with Crippen molar-refractivity contribution in [3.8, 4) is 5.75 Å². The molecule has 0 aliphatic carbocycles. The lowest BCUT2D eigenvalue weighted by Crippen LogP contribution is -2.52. The van der Waals surface area contributed by atoms with Crippen LogP contribution in [0.3, 0.4) is 0 Å². The summed E-state index contributed by atoms with van der Waals surface area (Å²) in [6.07, 6.45) is 0.386. The number of hydrogen-bond acceptors (Lipinski definition) is 5. The van der Waals surface area contributed by atoms with Crippen molar-refractivity contribution in [2.75, 3.05) is 5.73 Å². The van der Waals surface area contributed by atoms with E-state index >= 15 is 0 Å². The number of nitrogens with two attached hydrogens (primary N) is 1. The number of carbonyl (C=O) groups excluding carboxylic acids is 3. The van der Waals surface area contributed by atoms with Gasteiger partial charge in [0.2, 0.25) is 11.8 Å². The van der Waals surface area contributed by atoms with Crippen molar-refractivity contribution in [2.24, 2.45) is 0 Å². The fourth-order valence-corrected chi connectivity index (χ4v) is 1.87. The summed E-state index contributed by atoms with van der Waals surface area (Å²) in [7, 11) is 0. The minimum atomic E-state index is -0.802. The van der Waals surface area contributed by atoms with Gasteiger partial charge in [-0.1, -0.05) is 6.07 Å². The summed E-state index contributed by atoms with van der Waals surface area (Å²) in [6.45, 7) is 0. The molecule has 100 valence electrons. The molecule has 1 aromatic carbocycles. The molecule has 0 aromatic heterocycles. The molecule has 3 amide bonds. The van der Waals surface area contributed by atoms with Gasteiger partial charge in [-0.3, -0.25) is 19.7 Å². The number of amides is 3. The van der Waals surface area contributed by atoms with E-state index in [0.29, 0.717) is 0 Å². The first-order chi connectivity index (χ1) is 8.99. The third-order valence-electron chi connectivity index (χ3n) is 2.85. The van der Waals surface area contributed by atoms with Gasteiger partial charge in [-0.05, 0) is 18.6 Å². The topological polar surface area (TPSA) is 122 Å². The molecule has 0 spiro atoms. The molecule has 5 N–H and O–H groups in total. The summed E-state index contributed by atoms with van der Waals surface area (Å²) >= 11 is 0. The average Bonchev–Trinajstić information content (AvgIpc) is 2.32. The van der Waals surface area contributed by atoms with Crippen molar-refractivity contribution in [1.29, 1.82) is 0 Å². The predicted octanol–water partition coefficient (Wildman–Crippen LogP) is -0.491. The molecule has 7 nitrogen and oxygen atoms in total. The highest BCUT2D eigenvalue weighted by Gasteiger charge is 2.29. The van der Waals surface area contributed by atoms with Gasteiger partial charge in [0.25, 0.3) is 5.91 Å². The van der Waals surface area contributed by atoms with E-state index in [0.717, 1.165) is 0 Å². The Kier molecular flexibility index (Phi) is 3.37. The fraction of sp³-hybridized carbons (Fsp3) is 0.250. The molecule has 1 aromatic rings. The summed E-state index contributed by atoms with van der Waals surface area (Å²) in [5, 5.41) is 14.2. The van der Waals surface area contributed by atoms with Crippen LogP contribution in [0.1, 0.15) is 23.2 Å². The summed E-state index contributed by atoms with van der Waals surface area (Å²) in [5.41, 5.74) is 5.65. The number of anilines is 1. The predicted molar refractivity (Wildman–Crippen MR) is 66.2 cm³/mol. The third-order valence-corrected chi connectivity index (χ3v) is 2.85. The van der Waals surface area contributed by atoms with Gasteiger partial charge < -0.3 is 16.2 Å². The molecule has 2 rings (SSSR count). The zero-order valence-electron chi connectivity index (χ0n) is 9.97. The Morgan fingerprint density at radius 2 is 2.16 bits per heavy atom. The van der Waals surface area contributed by atoms with E-state index in [2.05, 4.69) is 10.6 Å². The van der Waals surface area contributed by atoms with Crippen LogP contribution in [0, 0.1) is 0 Å². The fourth-order valence-electron chi connectivity index (χ4n) is 1.87. The zero-order chi connectivity index (χ0) is 14.0. The highest BCUT2D eigenvalue weighted by molar-refractivity contribution is 6.06. The van der Waals surface area contributed by atoms with Crippen molar-refractivity contribution in [3.05, 3.63) is 23.8 Å². The van der Waals surface area contributed by atoms with E-state index in [1.54, 1.807) is 0 Å². The minimum Gasteiger partial charge on any atom is -0.507 e. The number of imide groups is 1. The van der Waals surface area contributed by atoms with Gasteiger partial charge in [-0.15, -0.1) is 0 Å². The number of hydrogen-bond donors (Lipinski definition) is 4. The van der Waals surface area contributed by atoms with Crippen molar-refractivity contribution in [2.45, 2.75) is 18.9 Å². The minimum absolute atomic E-state index is 0.0767. The van der Waals surface area contributed by atoms with Gasteiger partial charge in [0.15, 0.2) is 0 Å². The Hall–Kier alpha value is -2.57. The van der Waals surface area contributed by atoms with Crippen LogP contribution in [0.25, 0.3) is 0 Å². The molecule has 7 heteroatoms. The van der Waals surface area contributed by atoms with Gasteiger partial charge in [-0.25, -0.2) is 0 Å². The first-order valence-electron chi connectivity index (χ1n) is 5.71. The lowest BCUT2D eigenvalue weighted by Gasteiger charge is -2.22. The molecule has 0 radical (unpaired) electrons. The summed E-state index contributed by atoms with van der Waals surface area (Å²) in [4.78, 5) is 34.4. The second-order valence-electron chi connectivity index (χ2n) is 4.22.